The lowest BCUT2D eigenvalue weighted by atomic mass is 10.3. The molecule has 4 heteroatoms. The summed E-state index contributed by atoms with van der Waals surface area (Å²) in [5.74, 6) is 0. The number of nitrogens with zero attached hydrogens (tertiary/aromatic N) is 2. The van der Waals surface area contributed by atoms with Crippen LogP contribution in [0.15, 0.2) is 12.5 Å². The minimum atomic E-state index is 0.811. The van der Waals surface area contributed by atoms with Crippen molar-refractivity contribution in [3.63, 3.8) is 0 Å². The summed E-state index contributed by atoms with van der Waals surface area (Å²) in [5.41, 5.74) is 6.58. The van der Waals surface area contributed by atoms with Crippen molar-refractivity contribution >= 4 is 27.2 Å². The Morgan fingerprint density at radius 2 is 2.36 bits per heavy atom. The predicted octanol–water partition coefficient (Wildman–Crippen LogP) is 1.58. The van der Waals surface area contributed by atoms with E-state index < -0.39 is 0 Å². The molecule has 11 heavy (non-hydrogen) atoms. The number of nitrogens with two attached hydrogens (primary N) is 1. The van der Waals surface area contributed by atoms with Crippen molar-refractivity contribution in [2.45, 2.75) is 6.92 Å². The lowest BCUT2D eigenvalue weighted by molar-refractivity contribution is 1.23. The van der Waals surface area contributed by atoms with Crippen LogP contribution in [0, 0.1) is 6.92 Å². The molecule has 0 bridgehead atoms. The summed E-state index contributed by atoms with van der Waals surface area (Å²) in [7, 11) is 0. The largest absolute Gasteiger partial charge is 0.397 e. The zero-order valence-electron chi connectivity index (χ0n) is 6.03. The molecule has 0 fully saturated rings. The summed E-state index contributed by atoms with van der Waals surface area (Å²) in [6.45, 7) is 1.99. The van der Waals surface area contributed by atoms with Gasteiger partial charge in [-0.15, -0.1) is 11.3 Å². The van der Waals surface area contributed by atoms with Crippen LogP contribution in [0.5, 0.6) is 0 Å². The molecule has 2 aromatic rings. The number of hydrogen-bond donors (Lipinski definition) is 1. The predicted molar refractivity (Wildman–Crippen MR) is 46.6 cm³/mol. The minimum absolute atomic E-state index is 0.811. The lowest BCUT2D eigenvalue weighted by Gasteiger charge is -1.87. The van der Waals surface area contributed by atoms with Crippen LogP contribution in [-0.4, -0.2) is 9.97 Å². The van der Waals surface area contributed by atoms with E-state index in [0.29, 0.717) is 0 Å². The highest BCUT2D eigenvalue weighted by Gasteiger charge is 2.04. The number of thiophene rings is 1. The third kappa shape index (κ3) is 0.867. The molecule has 0 aliphatic carbocycles. The molecule has 0 aliphatic heterocycles. The molecule has 0 unspecified atom stereocenters. The zero-order chi connectivity index (χ0) is 7.84. The first-order chi connectivity index (χ1) is 5.29. The van der Waals surface area contributed by atoms with Crippen LogP contribution in [-0.2, 0) is 0 Å². The van der Waals surface area contributed by atoms with E-state index in [1.54, 1.807) is 17.5 Å². The molecule has 2 aromatic heterocycles. The third-order valence-corrected chi connectivity index (χ3v) is 2.64. The number of anilines is 1. The van der Waals surface area contributed by atoms with Gasteiger partial charge in [0.25, 0.3) is 0 Å². The molecule has 2 heterocycles. The maximum atomic E-state index is 5.77. The molecule has 0 aliphatic rings. The van der Waals surface area contributed by atoms with E-state index >= 15 is 0 Å². The van der Waals surface area contributed by atoms with Gasteiger partial charge in [0.2, 0.25) is 0 Å². The molecular formula is C7H7N3S. The first-order valence-electron chi connectivity index (χ1n) is 3.23. The molecule has 56 valence electrons. The SMILES string of the molecule is Cc1sc2ncncc2c1N. The normalized spacial score (nSPS) is 10.6. The number of hydrogen-bond acceptors (Lipinski definition) is 4. The molecule has 0 radical (unpaired) electrons. The minimum Gasteiger partial charge on any atom is -0.397 e. The van der Waals surface area contributed by atoms with Gasteiger partial charge < -0.3 is 5.73 Å². The van der Waals surface area contributed by atoms with Gasteiger partial charge in [0, 0.05) is 11.1 Å². The van der Waals surface area contributed by atoms with E-state index in [4.69, 9.17) is 5.73 Å². The zero-order valence-corrected chi connectivity index (χ0v) is 6.85. The number of rotatable bonds is 0. The van der Waals surface area contributed by atoms with E-state index in [0.717, 1.165) is 20.8 Å². The summed E-state index contributed by atoms with van der Waals surface area (Å²) in [6.07, 6.45) is 3.29. The van der Waals surface area contributed by atoms with Crippen LogP contribution in [0.3, 0.4) is 0 Å². The van der Waals surface area contributed by atoms with Gasteiger partial charge in [-0.1, -0.05) is 0 Å². The Morgan fingerprint density at radius 3 is 3.09 bits per heavy atom. The summed E-state index contributed by atoms with van der Waals surface area (Å²) in [6, 6.07) is 0. The molecule has 2 N–H and O–H groups in total. The van der Waals surface area contributed by atoms with Crippen molar-refractivity contribution in [2.75, 3.05) is 5.73 Å². The van der Waals surface area contributed by atoms with Crippen LogP contribution in [0.4, 0.5) is 5.69 Å². The van der Waals surface area contributed by atoms with E-state index in [1.165, 1.54) is 6.33 Å². The Balaban J connectivity index is 2.92. The van der Waals surface area contributed by atoms with Crippen LogP contribution in [0.2, 0.25) is 0 Å². The van der Waals surface area contributed by atoms with Gasteiger partial charge in [0.15, 0.2) is 0 Å². The number of aryl methyl sites for hydroxylation is 1. The Kier molecular flexibility index (Phi) is 1.29. The second-order valence-electron chi connectivity index (χ2n) is 2.31. The highest BCUT2D eigenvalue weighted by Crippen LogP contribution is 2.29. The molecular weight excluding hydrogens is 158 g/mol. The van der Waals surface area contributed by atoms with Gasteiger partial charge in [-0.2, -0.15) is 0 Å². The summed E-state index contributed by atoms with van der Waals surface area (Å²) in [5, 5.41) is 0.968. The van der Waals surface area contributed by atoms with Gasteiger partial charge in [-0.25, -0.2) is 9.97 Å². The molecule has 0 amide bonds. The Hall–Kier alpha value is -1.16. The fraction of sp³-hybridized carbons (Fsp3) is 0.143. The number of aromatic nitrogens is 2. The summed E-state index contributed by atoms with van der Waals surface area (Å²) < 4.78 is 0. The maximum Gasteiger partial charge on any atom is 0.129 e. The fourth-order valence-corrected chi connectivity index (χ4v) is 1.86. The quantitative estimate of drug-likeness (QED) is 0.644. The van der Waals surface area contributed by atoms with Crippen molar-refractivity contribution in [3.05, 3.63) is 17.4 Å². The molecule has 2 rings (SSSR count). The van der Waals surface area contributed by atoms with Gasteiger partial charge in [0.1, 0.15) is 11.2 Å². The number of nitrogen functional groups attached to an aromatic ring is 1. The molecule has 0 saturated carbocycles. The van der Waals surface area contributed by atoms with E-state index in [9.17, 15) is 0 Å². The maximum absolute atomic E-state index is 5.77. The Bertz CT molecular complexity index is 393. The van der Waals surface area contributed by atoms with E-state index in [2.05, 4.69) is 9.97 Å². The van der Waals surface area contributed by atoms with Crippen LogP contribution < -0.4 is 5.73 Å². The lowest BCUT2D eigenvalue weighted by Crippen LogP contribution is -1.84. The summed E-state index contributed by atoms with van der Waals surface area (Å²) in [4.78, 5) is 10.1. The average molecular weight is 165 g/mol. The first kappa shape index (κ1) is 6.54. The summed E-state index contributed by atoms with van der Waals surface area (Å²) >= 11 is 1.60. The van der Waals surface area contributed by atoms with Gasteiger partial charge in [-0.3, -0.25) is 0 Å². The average Bonchev–Trinajstić information content (AvgIpc) is 2.30. The van der Waals surface area contributed by atoms with Crippen molar-refractivity contribution in [1.29, 1.82) is 0 Å². The molecule has 0 aromatic carbocycles. The van der Waals surface area contributed by atoms with Crippen molar-refractivity contribution < 1.29 is 0 Å². The number of fused-ring (bicyclic) bond motifs is 1. The molecule has 0 spiro atoms. The van der Waals surface area contributed by atoms with Gasteiger partial charge in [0.05, 0.1) is 11.1 Å². The molecule has 0 atom stereocenters. The molecule has 0 saturated heterocycles. The third-order valence-electron chi connectivity index (χ3n) is 1.59. The first-order valence-corrected chi connectivity index (χ1v) is 4.05. The smallest absolute Gasteiger partial charge is 0.129 e. The Morgan fingerprint density at radius 1 is 1.55 bits per heavy atom. The highest BCUT2D eigenvalue weighted by atomic mass is 32.1. The molecule has 3 nitrogen and oxygen atoms in total. The fourth-order valence-electron chi connectivity index (χ4n) is 0.974. The second kappa shape index (κ2) is 2.17. The van der Waals surface area contributed by atoms with Crippen LogP contribution in [0.1, 0.15) is 4.88 Å². The van der Waals surface area contributed by atoms with Crippen molar-refractivity contribution in [3.8, 4) is 0 Å². The van der Waals surface area contributed by atoms with Crippen molar-refractivity contribution in [1.82, 2.24) is 9.97 Å². The van der Waals surface area contributed by atoms with Gasteiger partial charge >= 0.3 is 0 Å². The van der Waals surface area contributed by atoms with Gasteiger partial charge in [-0.05, 0) is 6.92 Å². The second-order valence-corrected chi connectivity index (χ2v) is 3.52. The van der Waals surface area contributed by atoms with Crippen LogP contribution >= 0.6 is 11.3 Å². The Labute approximate surface area is 67.9 Å². The van der Waals surface area contributed by atoms with Crippen LogP contribution in [0.25, 0.3) is 10.2 Å². The standard InChI is InChI=1S/C7H7N3S/c1-4-6(8)5-2-9-3-10-7(5)11-4/h2-3H,8H2,1H3. The highest BCUT2D eigenvalue weighted by molar-refractivity contribution is 7.19. The van der Waals surface area contributed by atoms with E-state index in [-0.39, 0.29) is 0 Å². The topological polar surface area (TPSA) is 51.8 Å². The van der Waals surface area contributed by atoms with E-state index in [1.807, 2.05) is 6.92 Å². The monoisotopic (exact) mass is 165 g/mol. The van der Waals surface area contributed by atoms with Crippen molar-refractivity contribution in [2.24, 2.45) is 0 Å².